The molecule has 0 saturated heterocycles. The van der Waals surface area contributed by atoms with Crippen LogP contribution in [0.4, 0.5) is 0 Å². The monoisotopic (exact) mass is 628 g/mol. The highest BCUT2D eigenvalue weighted by atomic mass is 31.2. The van der Waals surface area contributed by atoms with Gasteiger partial charge in [0.2, 0.25) is 0 Å². The number of hydrogen-bond donors (Lipinski definition) is 9. The van der Waals surface area contributed by atoms with Crippen LogP contribution in [-0.4, -0.2) is 70.1 Å². The highest BCUT2D eigenvalue weighted by Crippen LogP contribution is 2.43. The van der Waals surface area contributed by atoms with Crippen LogP contribution < -0.4 is 4.74 Å². The molecule has 41 heavy (non-hydrogen) atoms. The summed E-state index contributed by atoms with van der Waals surface area (Å²) in [6, 6.07) is 9.71. The number of hydrogen-bond acceptors (Lipinski definition) is 10. The van der Waals surface area contributed by atoms with Gasteiger partial charge in [-0.25, -0.2) is 0 Å². The number of aliphatic hydroxyl groups excluding tert-OH is 3. The molecular formula is C29H58O10P2. The number of rotatable bonds is 22. The highest BCUT2D eigenvalue weighted by molar-refractivity contribution is 7.38. The summed E-state index contributed by atoms with van der Waals surface area (Å²) in [6.07, 6.45) is 18.2. The molecule has 0 radical (unpaired) electrons. The van der Waals surface area contributed by atoms with E-state index in [0.29, 0.717) is 0 Å². The van der Waals surface area contributed by atoms with E-state index in [2.05, 4.69) is 13.8 Å². The van der Waals surface area contributed by atoms with Gasteiger partial charge in [-0.2, -0.15) is 0 Å². The first-order chi connectivity index (χ1) is 19.6. The Morgan fingerprint density at radius 3 is 1.17 bits per heavy atom. The molecule has 0 fully saturated rings. The molecule has 0 aliphatic heterocycles. The van der Waals surface area contributed by atoms with Crippen molar-refractivity contribution in [3.05, 3.63) is 30.3 Å². The predicted octanol–water partition coefficient (Wildman–Crippen LogP) is 5.43. The van der Waals surface area contributed by atoms with Gasteiger partial charge in [0.1, 0.15) is 11.4 Å². The van der Waals surface area contributed by atoms with Gasteiger partial charge < -0.3 is 49.4 Å². The van der Waals surface area contributed by atoms with E-state index in [1.165, 1.54) is 64.2 Å². The maximum atomic E-state index is 10.4. The van der Waals surface area contributed by atoms with E-state index < -0.39 is 28.2 Å². The molecule has 9 N–H and O–H groups in total. The summed E-state index contributed by atoms with van der Waals surface area (Å²) in [5.41, 5.74) is -1.87. The lowest BCUT2D eigenvalue weighted by Crippen LogP contribution is -2.59. The Morgan fingerprint density at radius 2 is 0.854 bits per heavy atom. The van der Waals surface area contributed by atoms with E-state index in [1.807, 2.05) is 30.3 Å². The third-order valence-electron chi connectivity index (χ3n) is 7.30. The summed E-state index contributed by atoms with van der Waals surface area (Å²) < 4.78 is 6.65. The average molecular weight is 629 g/mol. The third kappa shape index (κ3) is 21.8. The van der Waals surface area contributed by atoms with Crippen LogP contribution in [0.2, 0.25) is 0 Å². The van der Waals surface area contributed by atoms with E-state index in [-0.39, 0.29) is 19.8 Å². The Balaban J connectivity index is 0. The minimum atomic E-state index is -2.62. The van der Waals surface area contributed by atoms with Crippen molar-refractivity contribution in [3.63, 3.8) is 0 Å². The van der Waals surface area contributed by atoms with Crippen LogP contribution >= 0.6 is 17.2 Å². The summed E-state index contributed by atoms with van der Waals surface area (Å²) in [5.74, 6) is 0.739. The summed E-state index contributed by atoms with van der Waals surface area (Å²) in [4.78, 5) is 43.4. The molecular weight excluding hydrogens is 570 g/mol. The second-order valence-corrected chi connectivity index (χ2v) is 11.5. The molecule has 0 aromatic heterocycles. The van der Waals surface area contributed by atoms with Gasteiger partial charge >= 0.3 is 17.2 Å². The molecule has 0 amide bonds. The zero-order valence-electron chi connectivity index (χ0n) is 25.1. The van der Waals surface area contributed by atoms with Crippen molar-refractivity contribution >= 4 is 17.2 Å². The van der Waals surface area contributed by atoms with Gasteiger partial charge in [-0.05, 0) is 37.8 Å². The molecule has 1 aromatic carbocycles. The summed E-state index contributed by atoms with van der Waals surface area (Å²) in [7, 11) is -5.24. The van der Waals surface area contributed by atoms with Crippen LogP contribution in [0.15, 0.2) is 30.3 Å². The van der Waals surface area contributed by atoms with Crippen LogP contribution in [0.25, 0.3) is 0 Å². The van der Waals surface area contributed by atoms with Crippen molar-refractivity contribution in [2.24, 2.45) is 5.41 Å². The van der Waals surface area contributed by atoms with Gasteiger partial charge in [0.15, 0.2) is 0 Å². The number of benzene rings is 1. The summed E-state index contributed by atoms with van der Waals surface area (Å²) >= 11 is 0. The van der Waals surface area contributed by atoms with Gasteiger partial charge in [-0.3, -0.25) is 0 Å². The van der Waals surface area contributed by atoms with Gasteiger partial charge in [-0.15, -0.1) is 0 Å². The van der Waals surface area contributed by atoms with Gasteiger partial charge in [-0.1, -0.05) is 109 Å². The zero-order valence-corrected chi connectivity index (χ0v) is 26.9. The molecule has 10 nitrogen and oxygen atoms in total. The molecule has 0 spiro atoms. The molecule has 0 bridgehead atoms. The molecule has 244 valence electrons. The standard InChI is InChI=1S/C29H52O4.2H3O3P/c1-3-5-7-9-11-13-18-22-29(28(24-30,25-31)26-32,33-27-20-16-15-17-21-27)23-19-14-12-10-8-6-4-2;2*1-4(2)3/h15-17,20-21,30-32H,3-14,18-19,22-26H2,1-2H3;2*1-3H. The summed E-state index contributed by atoms with van der Waals surface area (Å²) in [6.45, 7) is 3.59. The molecule has 0 atom stereocenters. The molecule has 1 aromatic rings. The van der Waals surface area contributed by atoms with E-state index >= 15 is 0 Å². The third-order valence-corrected chi connectivity index (χ3v) is 7.30. The molecule has 1 rings (SSSR count). The van der Waals surface area contributed by atoms with Crippen molar-refractivity contribution in [2.75, 3.05) is 19.8 Å². The Morgan fingerprint density at radius 1 is 0.537 bits per heavy atom. The van der Waals surface area contributed by atoms with Crippen molar-refractivity contribution in [2.45, 2.75) is 122 Å². The van der Waals surface area contributed by atoms with Crippen LogP contribution in [0.3, 0.4) is 0 Å². The van der Waals surface area contributed by atoms with Crippen molar-refractivity contribution in [1.29, 1.82) is 0 Å². The smallest absolute Gasteiger partial charge is 0.324 e. The second kappa shape index (κ2) is 28.3. The number of ether oxygens (including phenoxy) is 1. The Bertz CT molecular complexity index is 626. The van der Waals surface area contributed by atoms with Crippen molar-refractivity contribution in [3.8, 4) is 5.75 Å². The molecule has 0 heterocycles. The number of unbranched alkanes of at least 4 members (excludes halogenated alkanes) is 12. The van der Waals surface area contributed by atoms with E-state index in [1.54, 1.807) is 0 Å². The lowest BCUT2D eigenvalue weighted by Gasteiger charge is -2.48. The fourth-order valence-corrected chi connectivity index (χ4v) is 4.90. The van der Waals surface area contributed by atoms with E-state index in [4.69, 9.17) is 34.1 Å². The van der Waals surface area contributed by atoms with Gasteiger partial charge in [0.25, 0.3) is 0 Å². The SMILES string of the molecule is CCCCCCCCCC(CCCCCCCCC)(Oc1ccccc1)C(CO)(CO)CO.OP(O)O.OP(O)O. The minimum Gasteiger partial charge on any atom is -0.486 e. The van der Waals surface area contributed by atoms with Crippen LogP contribution in [0.1, 0.15) is 117 Å². The highest BCUT2D eigenvalue weighted by Gasteiger charge is 2.52. The lowest BCUT2D eigenvalue weighted by molar-refractivity contribution is -0.147. The molecule has 0 aliphatic rings. The Labute approximate surface area is 250 Å². The molecule has 0 aliphatic carbocycles. The van der Waals surface area contributed by atoms with Crippen molar-refractivity contribution in [1.82, 2.24) is 0 Å². The predicted molar refractivity (Wildman–Crippen MR) is 166 cm³/mol. The summed E-state index contributed by atoms with van der Waals surface area (Å²) in [5, 5.41) is 31.2. The van der Waals surface area contributed by atoms with Crippen LogP contribution in [0.5, 0.6) is 5.75 Å². The Kier molecular flexibility index (Phi) is 29.4. The van der Waals surface area contributed by atoms with E-state index in [0.717, 1.165) is 44.3 Å². The zero-order chi connectivity index (χ0) is 31.4. The second-order valence-electron chi connectivity index (χ2n) is 10.4. The molecule has 12 heteroatoms. The molecule has 0 saturated carbocycles. The fourth-order valence-electron chi connectivity index (χ4n) is 4.90. The Hall–Kier alpha value is -0.480. The first-order valence-corrected chi connectivity index (χ1v) is 17.3. The quantitative estimate of drug-likeness (QED) is 0.0591. The van der Waals surface area contributed by atoms with Gasteiger partial charge in [0, 0.05) is 0 Å². The minimum absolute atomic E-state index is 0.292. The van der Waals surface area contributed by atoms with Crippen molar-refractivity contribution < 1.29 is 49.4 Å². The normalized spacial score (nSPS) is 11.6. The lowest BCUT2D eigenvalue weighted by atomic mass is 9.67. The van der Waals surface area contributed by atoms with Gasteiger partial charge in [0.05, 0.1) is 25.2 Å². The molecule has 0 unspecified atom stereocenters. The number of para-hydroxylation sites is 1. The maximum Gasteiger partial charge on any atom is 0.324 e. The first-order valence-electron chi connectivity index (χ1n) is 14.9. The van der Waals surface area contributed by atoms with Crippen LogP contribution in [-0.2, 0) is 0 Å². The fraction of sp³-hybridized carbons (Fsp3) is 0.793. The topological polar surface area (TPSA) is 191 Å². The van der Waals surface area contributed by atoms with E-state index in [9.17, 15) is 15.3 Å². The van der Waals surface area contributed by atoms with Crippen LogP contribution in [0, 0.1) is 5.41 Å². The maximum absolute atomic E-state index is 10.4. The number of aliphatic hydroxyl groups is 3. The first kappa shape index (κ1) is 42.7. The largest absolute Gasteiger partial charge is 0.486 e. The average Bonchev–Trinajstić information content (AvgIpc) is 2.93.